The Labute approximate surface area is 206 Å². The molecule has 166 valence electrons. The van der Waals surface area contributed by atoms with Gasteiger partial charge in [0.15, 0.2) is 0 Å². The van der Waals surface area contributed by atoms with Gasteiger partial charge in [0, 0.05) is 17.8 Å². The first-order valence-corrected chi connectivity index (χ1v) is 12.5. The largest absolute Gasteiger partial charge is 0.0622 e. The van der Waals surface area contributed by atoms with Crippen molar-refractivity contribution in [1.29, 1.82) is 0 Å². The molecule has 7 rings (SSSR count). The Morgan fingerprint density at radius 3 is 1.00 bits per heavy atom. The SMILES string of the molecule is c1ccc(C2[C@H](c3ccccc3)c3c(c4ccccc4c4ccccc34)[C@@H]2c2ccccc2)cc1. The molecule has 0 saturated heterocycles. The molecule has 0 aromatic heterocycles. The van der Waals surface area contributed by atoms with Crippen LogP contribution in [0.15, 0.2) is 140 Å². The Bertz CT molecular complexity index is 1530. The molecule has 3 atom stereocenters. The van der Waals surface area contributed by atoms with Crippen LogP contribution >= 0.6 is 0 Å². The summed E-state index contributed by atoms with van der Waals surface area (Å²) in [4.78, 5) is 0. The maximum atomic E-state index is 2.34. The molecule has 6 aromatic carbocycles. The summed E-state index contributed by atoms with van der Waals surface area (Å²) < 4.78 is 0. The lowest BCUT2D eigenvalue weighted by molar-refractivity contribution is 0.598. The molecule has 0 saturated carbocycles. The Balaban J connectivity index is 1.67. The van der Waals surface area contributed by atoms with Crippen LogP contribution in [0.3, 0.4) is 0 Å². The van der Waals surface area contributed by atoms with Gasteiger partial charge in [-0.1, -0.05) is 140 Å². The normalized spacial score (nSPS) is 19.1. The first-order valence-electron chi connectivity index (χ1n) is 12.5. The van der Waals surface area contributed by atoms with Gasteiger partial charge in [0.1, 0.15) is 0 Å². The lowest BCUT2D eigenvalue weighted by atomic mass is 9.75. The van der Waals surface area contributed by atoms with E-state index in [0.29, 0.717) is 5.92 Å². The fourth-order valence-electron chi connectivity index (χ4n) is 6.55. The molecule has 1 aliphatic carbocycles. The molecule has 35 heavy (non-hydrogen) atoms. The van der Waals surface area contributed by atoms with Gasteiger partial charge >= 0.3 is 0 Å². The fourth-order valence-corrected chi connectivity index (χ4v) is 6.55. The molecular weight excluding hydrogens is 420 g/mol. The molecule has 0 spiro atoms. The van der Waals surface area contributed by atoms with Crippen LogP contribution in [0.5, 0.6) is 0 Å². The molecule has 0 N–H and O–H groups in total. The second-order valence-electron chi connectivity index (χ2n) is 9.63. The molecule has 0 heteroatoms. The van der Waals surface area contributed by atoms with Crippen LogP contribution in [0.1, 0.15) is 45.6 Å². The highest BCUT2D eigenvalue weighted by Crippen LogP contribution is 2.60. The number of rotatable bonds is 3. The summed E-state index contributed by atoms with van der Waals surface area (Å²) in [5, 5.41) is 5.47. The zero-order chi connectivity index (χ0) is 23.2. The average molecular weight is 447 g/mol. The second-order valence-corrected chi connectivity index (χ2v) is 9.63. The molecule has 0 nitrogen and oxygen atoms in total. The highest BCUT2D eigenvalue weighted by molar-refractivity contribution is 6.12. The van der Waals surface area contributed by atoms with E-state index in [-0.39, 0.29) is 11.8 Å². The molecule has 0 amide bonds. The van der Waals surface area contributed by atoms with E-state index in [1.807, 2.05) is 0 Å². The number of hydrogen-bond acceptors (Lipinski definition) is 0. The predicted molar refractivity (Wildman–Crippen MR) is 147 cm³/mol. The molecule has 0 bridgehead atoms. The van der Waals surface area contributed by atoms with E-state index in [0.717, 1.165) is 0 Å². The van der Waals surface area contributed by atoms with Crippen LogP contribution < -0.4 is 0 Å². The van der Waals surface area contributed by atoms with Crippen LogP contribution in [-0.2, 0) is 0 Å². The minimum Gasteiger partial charge on any atom is -0.0622 e. The zero-order valence-corrected chi connectivity index (χ0v) is 19.5. The summed E-state index contributed by atoms with van der Waals surface area (Å²) >= 11 is 0. The van der Waals surface area contributed by atoms with Crippen molar-refractivity contribution in [3.8, 4) is 0 Å². The van der Waals surface area contributed by atoms with Crippen LogP contribution in [-0.4, -0.2) is 0 Å². The van der Waals surface area contributed by atoms with E-state index in [9.17, 15) is 0 Å². The lowest BCUT2D eigenvalue weighted by Gasteiger charge is -2.27. The molecule has 1 unspecified atom stereocenters. The van der Waals surface area contributed by atoms with Gasteiger partial charge in [0.05, 0.1) is 0 Å². The van der Waals surface area contributed by atoms with Crippen molar-refractivity contribution in [2.45, 2.75) is 17.8 Å². The van der Waals surface area contributed by atoms with E-state index < -0.39 is 0 Å². The maximum absolute atomic E-state index is 2.34. The van der Waals surface area contributed by atoms with Gasteiger partial charge in [-0.3, -0.25) is 0 Å². The van der Waals surface area contributed by atoms with Crippen molar-refractivity contribution in [3.05, 3.63) is 167 Å². The van der Waals surface area contributed by atoms with Gasteiger partial charge < -0.3 is 0 Å². The Morgan fingerprint density at radius 1 is 0.286 bits per heavy atom. The summed E-state index contributed by atoms with van der Waals surface area (Å²) in [6, 6.07) is 51.5. The number of benzene rings is 6. The Hall–Kier alpha value is -4.16. The maximum Gasteiger partial charge on any atom is 0.0176 e. The van der Waals surface area contributed by atoms with E-state index in [2.05, 4.69) is 140 Å². The Kier molecular flexibility index (Phi) is 4.77. The first-order chi connectivity index (χ1) is 17.4. The average Bonchev–Trinajstić information content (AvgIpc) is 3.31. The van der Waals surface area contributed by atoms with Crippen molar-refractivity contribution in [1.82, 2.24) is 0 Å². The van der Waals surface area contributed by atoms with E-state index in [1.54, 1.807) is 0 Å². The Morgan fingerprint density at radius 2 is 0.600 bits per heavy atom. The lowest BCUT2D eigenvalue weighted by Crippen LogP contribution is -2.13. The quantitative estimate of drug-likeness (QED) is 0.238. The highest BCUT2D eigenvalue weighted by Gasteiger charge is 2.45. The van der Waals surface area contributed by atoms with Gasteiger partial charge in [-0.15, -0.1) is 0 Å². The van der Waals surface area contributed by atoms with Crippen molar-refractivity contribution in [3.63, 3.8) is 0 Å². The van der Waals surface area contributed by atoms with Gasteiger partial charge in [0.2, 0.25) is 0 Å². The minimum atomic E-state index is 0.272. The summed E-state index contributed by atoms with van der Waals surface area (Å²) in [5.41, 5.74) is 7.17. The third kappa shape index (κ3) is 3.14. The molecule has 1 aliphatic rings. The zero-order valence-electron chi connectivity index (χ0n) is 19.5. The van der Waals surface area contributed by atoms with E-state index in [4.69, 9.17) is 0 Å². The molecule has 6 aromatic rings. The van der Waals surface area contributed by atoms with Crippen LogP contribution in [0.4, 0.5) is 0 Å². The molecule has 0 radical (unpaired) electrons. The van der Waals surface area contributed by atoms with Gasteiger partial charge in [-0.2, -0.15) is 0 Å². The number of fused-ring (bicyclic) bond motifs is 6. The minimum absolute atomic E-state index is 0.272. The fraction of sp³-hybridized carbons (Fsp3) is 0.0857. The highest BCUT2D eigenvalue weighted by atomic mass is 14.5. The van der Waals surface area contributed by atoms with E-state index in [1.165, 1.54) is 49.4 Å². The van der Waals surface area contributed by atoms with Gasteiger partial charge in [-0.05, 0) is 49.4 Å². The molecule has 0 heterocycles. The summed E-state index contributed by atoms with van der Waals surface area (Å²) in [7, 11) is 0. The summed E-state index contributed by atoms with van der Waals surface area (Å²) in [6.07, 6.45) is 0. The van der Waals surface area contributed by atoms with Crippen molar-refractivity contribution >= 4 is 21.5 Å². The standard InChI is InChI=1S/C35H26/c1-4-14-24(15-5-1)31-32(25-16-6-2-7-17-25)34-29-22-12-10-20-27(29)28-21-11-13-23-30(28)35(34)33(31)26-18-8-3-9-19-26/h1-23,31-33H/t31?,32-,33+. The van der Waals surface area contributed by atoms with Crippen LogP contribution in [0.25, 0.3) is 21.5 Å². The molecule has 0 fully saturated rings. The predicted octanol–water partition coefficient (Wildman–Crippen LogP) is 9.05. The topological polar surface area (TPSA) is 0 Å². The molecular formula is C35H26. The number of hydrogen-bond donors (Lipinski definition) is 0. The second kappa shape index (κ2) is 8.25. The van der Waals surface area contributed by atoms with Crippen LogP contribution in [0.2, 0.25) is 0 Å². The van der Waals surface area contributed by atoms with Crippen molar-refractivity contribution < 1.29 is 0 Å². The van der Waals surface area contributed by atoms with Crippen molar-refractivity contribution in [2.24, 2.45) is 0 Å². The van der Waals surface area contributed by atoms with Crippen LogP contribution in [0, 0.1) is 0 Å². The summed E-state index contributed by atoms with van der Waals surface area (Å²) in [5.74, 6) is 0.854. The third-order valence-corrected chi connectivity index (χ3v) is 7.86. The van der Waals surface area contributed by atoms with Crippen molar-refractivity contribution in [2.75, 3.05) is 0 Å². The third-order valence-electron chi connectivity index (χ3n) is 7.86. The summed E-state index contributed by atoms with van der Waals surface area (Å²) in [6.45, 7) is 0. The molecule has 0 aliphatic heterocycles. The first kappa shape index (κ1) is 20.2. The van der Waals surface area contributed by atoms with Gasteiger partial charge in [0.25, 0.3) is 0 Å². The monoisotopic (exact) mass is 446 g/mol. The smallest absolute Gasteiger partial charge is 0.0176 e. The van der Waals surface area contributed by atoms with Gasteiger partial charge in [-0.25, -0.2) is 0 Å². The van der Waals surface area contributed by atoms with E-state index >= 15 is 0 Å².